The summed E-state index contributed by atoms with van der Waals surface area (Å²) in [6.45, 7) is 4.12. The van der Waals surface area contributed by atoms with E-state index < -0.39 is 11.4 Å². The molecular formula is C22H22FN7O. The molecule has 2 bridgehead atoms. The smallest absolute Gasteiger partial charge is 0.308 e. The second-order valence-corrected chi connectivity index (χ2v) is 8.46. The van der Waals surface area contributed by atoms with Crippen molar-refractivity contribution in [3.8, 4) is 11.4 Å². The zero-order valence-electron chi connectivity index (χ0n) is 17.3. The summed E-state index contributed by atoms with van der Waals surface area (Å²) < 4.78 is 13.2. The van der Waals surface area contributed by atoms with Crippen LogP contribution in [0.25, 0.3) is 11.4 Å². The zero-order valence-corrected chi connectivity index (χ0v) is 17.3. The molecule has 2 amide bonds. The number of rotatable bonds is 3. The average Bonchev–Trinajstić information content (AvgIpc) is 2.76. The minimum atomic E-state index is -0.520. The first kappa shape index (κ1) is 19.5. The minimum absolute atomic E-state index is 0.151. The Balaban J connectivity index is 1.42. The van der Waals surface area contributed by atoms with E-state index in [9.17, 15) is 9.18 Å². The van der Waals surface area contributed by atoms with Gasteiger partial charge in [-0.2, -0.15) is 5.10 Å². The molecule has 0 aliphatic carbocycles. The van der Waals surface area contributed by atoms with Crippen LogP contribution in [0.5, 0.6) is 0 Å². The van der Waals surface area contributed by atoms with Gasteiger partial charge in [0.15, 0.2) is 17.5 Å². The van der Waals surface area contributed by atoms with Crippen LogP contribution < -0.4 is 5.32 Å². The first-order chi connectivity index (χ1) is 15.0. The van der Waals surface area contributed by atoms with Crippen molar-refractivity contribution in [1.29, 1.82) is 0 Å². The maximum Gasteiger partial charge on any atom is 0.322 e. The Morgan fingerprint density at radius 3 is 2.74 bits per heavy atom. The third-order valence-electron chi connectivity index (χ3n) is 6.23. The fourth-order valence-electron chi connectivity index (χ4n) is 5.00. The molecule has 0 radical (unpaired) electrons. The number of amides is 2. The molecule has 0 unspecified atom stereocenters. The monoisotopic (exact) mass is 419 g/mol. The molecule has 0 spiro atoms. The van der Waals surface area contributed by atoms with Crippen molar-refractivity contribution in [2.45, 2.75) is 44.7 Å². The van der Waals surface area contributed by atoms with E-state index in [2.05, 4.69) is 37.4 Å². The van der Waals surface area contributed by atoms with Crippen molar-refractivity contribution in [3.05, 3.63) is 60.2 Å². The van der Waals surface area contributed by atoms with E-state index in [-0.39, 0.29) is 12.1 Å². The van der Waals surface area contributed by atoms with Gasteiger partial charge in [-0.25, -0.2) is 24.1 Å². The molecule has 2 aliphatic rings. The van der Waals surface area contributed by atoms with E-state index >= 15 is 0 Å². The summed E-state index contributed by atoms with van der Waals surface area (Å²) in [7, 11) is 0. The van der Waals surface area contributed by atoms with Crippen molar-refractivity contribution in [1.82, 2.24) is 30.0 Å². The first-order valence-corrected chi connectivity index (χ1v) is 10.3. The first-order valence-electron chi connectivity index (χ1n) is 10.3. The molecule has 2 aromatic heterocycles. The summed E-state index contributed by atoms with van der Waals surface area (Å²) >= 11 is 0. The Hall–Kier alpha value is -3.49. The normalized spacial score (nSPS) is 24.4. The number of aryl methyl sites for hydroxylation is 1. The third-order valence-corrected chi connectivity index (χ3v) is 6.23. The largest absolute Gasteiger partial charge is 0.322 e. The van der Waals surface area contributed by atoms with Crippen LogP contribution in [0.3, 0.4) is 0 Å². The number of carbonyl (C=O) groups excluding carboxylic acids is 1. The molecule has 3 aromatic rings. The van der Waals surface area contributed by atoms with Crippen molar-refractivity contribution < 1.29 is 9.18 Å². The van der Waals surface area contributed by atoms with E-state index in [1.165, 1.54) is 6.20 Å². The highest BCUT2D eigenvalue weighted by molar-refractivity contribution is 5.92. The molecule has 3 atom stereocenters. The van der Waals surface area contributed by atoms with Crippen LogP contribution in [0.1, 0.15) is 37.6 Å². The molecule has 4 heterocycles. The summed E-state index contributed by atoms with van der Waals surface area (Å²) in [4.78, 5) is 27.7. The van der Waals surface area contributed by atoms with Gasteiger partial charge in [-0.1, -0.05) is 13.0 Å². The molecular weight excluding hydrogens is 397 g/mol. The third kappa shape index (κ3) is 3.30. The van der Waals surface area contributed by atoms with Crippen LogP contribution in [0.15, 0.2) is 43.0 Å². The van der Waals surface area contributed by atoms with Gasteiger partial charge in [-0.15, -0.1) is 5.10 Å². The molecule has 158 valence electrons. The summed E-state index contributed by atoms with van der Waals surface area (Å²) in [5.41, 5.74) is 1.77. The van der Waals surface area contributed by atoms with Gasteiger partial charge in [0.1, 0.15) is 5.54 Å². The second kappa shape index (κ2) is 7.33. The molecule has 1 aromatic carbocycles. The van der Waals surface area contributed by atoms with Crippen molar-refractivity contribution in [3.63, 3.8) is 0 Å². The summed E-state index contributed by atoms with van der Waals surface area (Å²) in [6, 6.07) is 5.50. The molecule has 31 heavy (non-hydrogen) atoms. The van der Waals surface area contributed by atoms with E-state index in [1.54, 1.807) is 6.20 Å². The lowest BCUT2D eigenvalue weighted by molar-refractivity contribution is -0.101. The molecule has 0 saturated carbocycles. The van der Waals surface area contributed by atoms with Gasteiger partial charge in [0.05, 0.1) is 18.6 Å². The molecule has 2 aliphatic heterocycles. The molecule has 5 rings (SSSR count). The van der Waals surface area contributed by atoms with Crippen LogP contribution in [0.2, 0.25) is 0 Å². The van der Waals surface area contributed by atoms with Crippen molar-refractivity contribution in [2.75, 3.05) is 5.32 Å². The lowest BCUT2D eigenvalue weighted by Crippen LogP contribution is -2.70. The highest BCUT2D eigenvalue weighted by Gasteiger charge is 2.61. The van der Waals surface area contributed by atoms with Gasteiger partial charge in [0.25, 0.3) is 0 Å². The fraction of sp³-hybridized carbons (Fsp3) is 0.364. The van der Waals surface area contributed by atoms with Gasteiger partial charge in [0.2, 0.25) is 0 Å². The average molecular weight is 419 g/mol. The van der Waals surface area contributed by atoms with E-state index in [1.807, 2.05) is 30.0 Å². The standard InChI is InChI=1S/C22H22FN7O/c1-13-7-17-10-22(9-13,20-24-5-6-27-29-20)30(17)21(31)28-16-4-3-14(2)18(8-16)19-25-11-15(23)12-26-19/h3-6,8,11-13,17H,7,9-10H2,1-2H3,(H,28,31)/t13-,17-,22+/m1/s1. The number of nitrogens with zero attached hydrogens (tertiary/aromatic N) is 6. The highest BCUT2D eigenvalue weighted by atomic mass is 19.1. The quantitative estimate of drug-likeness (QED) is 0.695. The van der Waals surface area contributed by atoms with Crippen LogP contribution in [-0.4, -0.2) is 42.1 Å². The lowest BCUT2D eigenvalue weighted by Gasteiger charge is -2.62. The predicted molar refractivity (Wildman–Crippen MR) is 111 cm³/mol. The van der Waals surface area contributed by atoms with Gasteiger partial charge < -0.3 is 10.2 Å². The van der Waals surface area contributed by atoms with Gasteiger partial charge in [0, 0.05) is 23.5 Å². The van der Waals surface area contributed by atoms with Crippen molar-refractivity contribution >= 4 is 11.7 Å². The van der Waals surface area contributed by atoms with Crippen LogP contribution >= 0.6 is 0 Å². The number of nitrogens with one attached hydrogen (secondary N) is 1. The lowest BCUT2D eigenvalue weighted by atomic mass is 9.64. The van der Waals surface area contributed by atoms with E-state index in [4.69, 9.17) is 0 Å². The Morgan fingerprint density at radius 1 is 1.19 bits per heavy atom. The zero-order chi connectivity index (χ0) is 21.6. The Kier molecular flexibility index (Phi) is 4.60. The number of benzene rings is 1. The minimum Gasteiger partial charge on any atom is -0.308 e. The number of hydrogen-bond donors (Lipinski definition) is 1. The molecule has 2 fully saturated rings. The Bertz CT molecular complexity index is 1120. The maximum absolute atomic E-state index is 13.3. The van der Waals surface area contributed by atoms with Gasteiger partial charge >= 0.3 is 6.03 Å². The number of hydrogen-bond acceptors (Lipinski definition) is 6. The number of anilines is 1. The molecule has 1 N–H and O–H groups in total. The number of fused-ring (bicyclic) bond motifs is 2. The fourth-order valence-corrected chi connectivity index (χ4v) is 5.00. The van der Waals surface area contributed by atoms with Gasteiger partial charge in [-0.3, -0.25) is 0 Å². The van der Waals surface area contributed by atoms with E-state index in [0.717, 1.165) is 42.8 Å². The second-order valence-electron chi connectivity index (χ2n) is 8.46. The topological polar surface area (TPSA) is 96.8 Å². The number of halogens is 1. The number of carbonyl (C=O) groups is 1. The SMILES string of the molecule is Cc1ccc(NC(=O)N2[C@@H]3C[C@@H](C)C[C@@]2(c2nccnn2)C3)cc1-c1ncc(F)cn1. The van der Waals surface area contributed by atoms with Crippen molar-refractivity contribution in [2.24, 2.45) is 5.92 Å². The number of aromatic nitrogens is 5. The van der Waals surface area contributed by atoms with Gasteiger partial charge in [-0.05, 0) is 49.8 Å². The number of urea groups is 1. The van der Waals surface area contributed by atoms with Crippen LogP contribution in [-0.2, 0) is 5.54 Å². The maximum atomic E-state index is 13.3. The predicted octanol–water partition coefficient (Wildman–Crippen LogP) is 3.71. The van der Waals surface area contributed by atoms with E-state index in [0.29, 0.717) is 23.3 Å². The van der Waals surface area contributed by atoms with Crippen LogP contribution in [0.4, 0.5) is 14.9 Å². The highest BCUT2D eigenvalue weighted by Crippen LogP contribution is 2.54. The Morgan fingerprint density at radius 2 is 2.00 bits per heavy atom. The molecule has 9 heteroatoms. The molecule has 8 nitrogen and oxygen atoms in total. The molecule has 2 saturated heterocycles. The number of piperidine rings is 1. The van der Waals surface area contributed by atoms with Crippen LogP contribution in [0, 0.1) is 18.7 Å². The summed E-state index contributed by atoms with van der Waals surface area (Å²) in [5, 5.41) is 11.2. The summed E-state index contributed by atoms with van der Waals surface area (Å²) in [5.74, 6) is 0.989. The summed E-state index contributed by atoms with van der Waals surface area (Å²) in [6.07, 6.45) is 8.04. The Labute approximate surface area is 179 Å².